The van der Waals surface area contributed by atoms with Gasteiger partial charge in [0.05, 0.1) is 7.11 Å². The van der Waals surface area contributed by atoms with Gasteiger partial charge in [-0.05, 0) is 61.2 Å². The Kier molecular flexibility index (Phi) is 6.16. The predicted molar refractivity (Wildman–Crippen MR) is 109 cm³/mol. The van der Waals surface area contributed by atoms with Gasteiger partial charge in [-0.3, -0.25) is 9.59 Å². The Morgan fingerprint density at radius 1 is 1.10 bits per heavy atom. The second-order valence-corrected chi connectivity index (χ2v) is 7.19. The normalized spacial score (nSPS) is 17.2. The average Bonchev–Trinajstić information content (AvgIpc) is 3.45. The molecule has 0 aliphatic heterocycles. The number of carbonyl (C=O) groups excluding carboxylic acids is 3. The maximum atomic E-state index is 12.6. The van der Waals surface area contributed by atoms with Crippen molar-refractivity contribution in [2.75, 3.05) is 24.4 Å². The van der Waals surface area contributed by atoms with Gasteiger partial charge in [0.15, 0.2) is 6.61 Å². The van der Waals surface area contributed by atoms with Gasteiger partial charge in [-0.25, -0.2) is 4.79 Å². The molecule has 1 fully saturated rings. The Balaban J connectivity index is 1.63. The second-order valence-electron chi connectivity index (χ2n) is 7.19. The van der Waals surface area contributed by atoms with E-state index in [9.17, 15) is 14.4 Å². The van der Waals surface area contributed by atoms with Gasteiger partial charge in [-0.2, -0.15) is 0 Å². The van der Waals surface area contributed by atoms with Crippen LogP contribution in [0.3, 0.4) is 0 Å². The van der Waals surface area contributed by atoms with Crippen LogP contribution in [-0.4, -0.2) is 31.5 Å². The van der Waals surface area contributed by atoms with Crippen molar-refractivity contribution in [3.05, 3.63) is 53.6 Å². The molecule has 2 amide bonds. The summed E-state index contributed by atoms with van der Waals surface area (Å²) in [6, 6.07) is 11.9. The minimum Gasteiger partial charge on any atom is -0.482 e. The quantitative estimate of drug-likeness (QED) is 0.700. The number of hydrogen-bond acceptors (Lipinski definition) is 5. The van der Waals surface area contributed by atoms with Gasteiger partial charge in [0, 0.05) is 22.9 Å². The Bertz CT molecular complexity index is 941. The zero-order chi connectivity index (χ0) is 21.0. The Hall–Kier alpha value is -3.35. The molecule has 2 aromatic rings. The first-order valence-corrected chi connectivity index (χ1v) is 9.40. The van der Waals surface area contributed by atoms with Gasteiger partial charge < -0.3 is 20.1 Å². The molecule has 1 aliphatic carbocycles. The number of amides is 2. The van der Waals surface area contributed by atoms with Gasteiger partial charge in [-0.1, -0.05) is 13.0 Å². The van der Waals surface area contributed by atoms with Crippen LogP contribution in [0.25, 0.3) is 0 Å². The fraction of sp³-hybridized carbons (Fsp3) is 0.318. The molecule has 2 unspecified atom stereocenters. The highest BCUT2D eigenvalue weighted by atomic mass is 16.6. The highest BCUT2D eigenvalue weighted by Crippen LogP contribution is 2.38. The number of esters is 1. The number of carbonyl (C=O) groups is 3. The van der Waals surface area contributed by atoms with Crippen LogP contribution in [0, 0.1) is 18.8 Å². The zero-order valence-electron chi connectivity index (χ0n) is 16.7. The second kappa shape index (κ2) is 8.77. The van der Waals surface area contributed by atoms with Crippen LogP contribution in [0.2, 0.25) is 0 Å². The van der Waals surface area contributed by atoms with E-state index in [-0.39, 0.29) is 24.3 Å². The summed E-state index contributed by atoms with van der Waals surface area (Å²) < 4.78 is 9.88. The molecule has 0 spiro atoms. The number of hydrogen-bond donors (Lipinski definition) is 2. The maximum absolute atomic E-state index is 12.6. The number of methoxy groups -OCH3 is 1. The Morgan fingerprint density at radius 2 is 1.86 bits per heavy atom. The van der Waals surface area contributed by atoms with E-state index in [2.05, 4.69) is 15.4 Å². The van der Waals surface area contributed by atoms with Gasteiger partial charge in [0.1, 0.15) is 5.75 Å². The first-order valence-electron chi connectivity index (χ1n) is 9.40. The van der Waals surface area contributed by atoms with E-state index in [0.717, 1.165) is 12.0 Å². The molecule has 2 atom stereocenters. The summed E-state index contributed by atoms with van der Waals surface area (Å²) in [6.45, 7) is 3.69. The van der Waals surface area contributed by atoms with Crippen LogP contribution in [0.15, 0.2) is 42.5 Å². The molecule has 0 heterocycles. The summed E-state index contributed by atoms with van der Waals surface area (Å²) in [5, 5.41) is 5.72. The summed E-state index contributed by atoms with van der Waals surface area (Å²) in [4.78, 5) is 35.9. The number of ether oxygens (including phenoxy) is 2. The lowest BCUT2D eigenvalue weighted by Crippen LogP contribution is -2.16. The molecule has 7 nitrogen and oxygen atoms in total. The molecular weight excluding hydrogens is 372 g/mol. The van der Waals surface area contributed by atoms with Crippen LogP contribution in [0.5, 0.6) is 5.75 Å². The number of anilines is 2. The standard InChI is InChI=1S/C22H24N2O5/c1-13-10-18(13)22(27)23-16-6-4-5-15(11-16)21(26)24-19-8-7-17(9-14(19)2)29-12-20(25)28-3/h4-9,11,13,18H,10,12H2,1-3H3,(H,23,27)(H,24,26). The van der Waals surface area contributed by atoms with Crippen LogP contribution in [0.1, 0.15) is 29.3 Å². The van der Waals surface area contributed by atoms with Crippen molar-refractivity contribution in [2.24, 2.45) is 11.8 Å². The minimum atomic E-state index is -0.469. The summed E-state index contributed by atoms with van der Waals surface area (Å²) in [6.07, 6.45) is 0.907. The molecular formula is C22H24N2O5. The zero-order valence-corrected chi connectivity index (χ0v) is 16.7. The van der Waals surface area contributed by atoms with Crippen molar-refractivity contribution in [1.82, 2.24) is 0 Å². The number of aryl methyl sites for hydroxylation is 1. The van der Waals surface area contributed by atoms with Gasteiger partial charge in [0.2, 0.25) is 5.91 Å². The smallest absolute Gasteiger partial charge is 0.343 e. The molecule has 0 radical (unpaired) electrons. The third kappa shape index (κ3) is 5.34. The van der Waals surface area contributed by atoms with Crippen LogP contribution in [-0.2, 0) is 14.3 Å². The van der Waals surface area contributed by atoms with Gasteiger partial charge in [-0.15, -0.1) is 0 Å². The lowest BCUT2D eigenvalue weighted by Gasteiger charge is -2.12. The largest absolute Gasteiger partial charge is 0.482 e. The van der Waals surface area contributed by atoms with E-state index < -0.39 is 5.97 Å². The Labute approximate surface area is 169 Å². The third-order valence-electron chi connectivity index (χ3n) is 4.87. The van der Waals surface area contributed by atoms with E-state index in [4.69, 9.17) is 4.74 Å². The molecule has 7 heteroatoms. The van der Waals surface area contributed by atoms with E-state index in [1.165, 1.54) is 7.11 Å². The summed E-state index contributed by atoms with van der Waals surface area (Å²) in [5.41, 5.74) is 2.46. The van der Waals surface area contributed by atoms with Crippen LogP contribution in [0.4, 0.5) is 11.4 Å². The van der Waals surface area contributed by atoms with Crippen LogP contribution < -0.4 is 15.4 Å². The van der Waals surface area contributed by atoms with Crippen molar-refractivity contribution in [3.8, 4) is 5.75 Å². The van der Waals surface area contributed by atoms with E-state index in [0.29, 0.717) is 28.6 Å². The summed E-state index contributed by atoms with van der Waals surface area (Å²) >= 11 is 0. The lowest BCUT2D eigenvalue weighted by molar-refractivity contribution is -0.142. The summed E-state index contributed by atoms with van der Waals surface area (Å²) in [5.74, 6) is 0.229. The van der Waals surface area contributed by atoms with Crippen molar-refractivity contribution in [1.29, 1.82) is 0 Å². The fourth-order valence-corrected chi connectivity index (χ4v) is 2.92. The van der Waals surface area contributed by atoms with Crippen molar-refractivity contribution in [2.45, 2.75) is 20.3 Å². The Morgan fingerprint density at radius 3 is 2.52 bits per heavy atom. The van der Waals surface area contributed by atoms with Crippen molar-refractivity contribution >= 4 is 29.2 Å². The average molecular weight is 396 g/mol. The molecule has 1 aliphatic rings. The topological polar surface area (TPSA) is 93.7 Å². The first kappa shape index (κ1) is 20.4. The molecule has 3 rings (SSSR count). The van der Waals surface area contributed by atoms with Gasteiger partial charge in [0.25, 0.3) is 5.91 Å². The van der Waals surface area contributed by atoms with E-state index in [1.807, 2.05) is 13.8 Å². The molecule has 152 valence electrons. The maximum Gasteiger partial charge on any atom is 0.343 e. The van der Waals surface area contributed by atoms with E-state index >= 15 is 0 Å². The fourth-order valence-electron chi connectivity index (χ4n) is 2.92. The molecule has 0 bridgehead atoms. The summed E-state index contributed by atoms with van der Waals surface area (Å²) in [7, 11) is 1.29. The molecule has 2 N–H and O–H groups in total. The van der Waals surface area contributed by atoms with E-state index in [1.54, 1.807) is 42.5 Å². The highest BCUT2D eigenvalue weighted by molar-refractivity contribution is 6.06. The lowest BCUT2D eigenvalue weighted by atomic mass is 10.1. The number of rotatable bonds is 7. The molecule has 1 saturated carbocycles. The molecule has 29 heavy (non-hydrogen) atoms. The molecule has 0 aromatic heterocycles. The SMILES string of the molecule is COC(=O)COc1ccc(NC(=O)c2cccc(NC(=O)C3CC3C)c2)c(C)c1. The molecule has 2 aromatic carbocycles. The van der Waals surface area contributed by atoms with Crippen molar-refractivity contribution < 1.29 is 23.9 Å². The molecule has 0 saturated heterocycles. The minimum absolute atomic E-state index is 0.00607. The van der Waals surface area contributed by atoms with Gasteiger partial charge >= 0.3 is 5.97 Å². The number of nitrogens with one attached hydrogen (secondary N) is 2. The van der Waals surface area contributed by atoms with Crippen molar-refractivity contribution in [3.63, 3.8) is 0 Å². The highest BCUT2D eigenvalue weighted by Gasteiger charge is 2.39. The van der Waals surface area contributed by atoms with Crippen LogP contribution >= 0.6 is 0 Å². The number of benzene rings is 2. The predicted octanol–water partition coefficient (Wildman–Crippen LogP) is 3.39. The monoisotopic (exact) mass is 396 g/mol. The first-order chi connectivity index (χ1) is 13.9. The third-order valence-corrected chi connectivity index (χ3v) is 4.87.